The fourth-order valence-corrected chi connectivity index (χ4v) is 3.71. The number of anilines is 1. The molecule has 0 saturated heterocycles. The highest BCUT2D eigenvalue weighted by Gasteiger charge is 2.28. The van der Waals surface area contributed by atoms with Crippen LogP contribution in [0.5, 0.6) is 0 Å². The molecule has 0 unspecified atom stereocenters. The van der Waals surface area contributed by atoms with E-state index in [0.717, 1.165) is 24.1 Å². The van der Waals surface area contributed by atoms with E-state index in [4.69, 9.17) is 4.74 Å². The molecule has 0 fully saturated rings. The molecule has 2 aromatic carbocycles. The minimum absolute atomic E-state index is 0.0132. The molecule has 1 aliphatic carbocycles. The summed E-state index contributed by atoms with van der Waals surface area (Å²) in [7, 11) is 0. The molecule has 154 valence electrons. The first-order chi connectivity index (χ1) is 14.4. The second-order valence-electron chi connectivity index (χ2n) is 6.76. The van der Waals surface area contributed by atoms with Gasteiger partial charge in [0.25, 0.3) is 5.91 Å². The Bertz CT molecular complexity index is 1130. The number of nitrogens with one attached hydrogen (secondary N) is 1. The normalized spacial score (nSPS) is 12.5. The maximum atomic E-state index is 13.8. The minimum Gasteiger partial charge on any atom is -0.451 e. The lowest BCUT2D eigenvalue weighted by molar-refractivity contribution is -0.119. The average molecular weight is 476 g/mol. The number of halogens is 3. The van der Waals surface area contributed by atoms with Crippen molar-refractivity contribution in [3.63, 3.8) is 0 Å². The number of hydrogen-bond acceptors (Lipinski definition) is 4. The number of esters is 1. The SMILES string of the molecule is O=C(COC(=O)c1nn(-c2ccc(F)cc2)c2c1CCC2)Nc1ccc(Br)cc1F. The third kappa shape index (κ3) is 4.11. The summed E-state index contributed by atoms with van der Waals surface area (Å²) in [4.78, 5) is 24.6. The molecule has 0 aliphatic heterocycles. The smallest absolute Gasteiger partial charge is 0.359 e. The van der Waals surface area contributed by atoms with Crippen LogP contribution in [0.2, 0.25) is 0 Å². The van der Waals surface area contributed by atoms with Crippen LogP contribution in [-0.4, -0.2) is 28.3 Å². The van der Waals surface area contributed by atoms with E-state index in [1.165, 1.54) is 24.3 Å². The first-order valence-electron chi connectivity index (χ1n) is 9.21. The van der Waals surface area contributed by atoms with Crippen molar-refractivity contribution < 1.29 is 23.1 Å². The maximum Gasteiger partial charge on any atom is 0.359 e. The van der Waals surface area contributed by atoms with Crippen molar-refractivity contribution in [1.82, 2.24) is 9.78 Å². The van der Waals surface area contributed by atoms with Gasteiger partial charge in [-0.2, -0.15) is 5.10 Å². The molecule has 1 N–H and O–H groups in total. The molecule has 1 amide bonds. The minimum atomic E-state index is -0.736. The van der Waals surface area contributed by atoms with Gasteiger partial charge in [-0.3, -0.25) is 4.79 Å². The predicted octanol–water partition coefficient (Wildman–Crippen LogP) is 4.20. The van der Waals surface area contributed by atoms with Gasteiger partial charge in [0.05, 0.1) is 11.4 Å². The van der Waals surface area contributed by atoms with E-state index >= 15 is 0 Å². The van der Waals surface area contributed by atoms with Gasteiger partial charge in [0.2, 0.25) is 0 Å². The van der Waals surface area contributed by atoms with Crippen molar-refractivity contribution in [3.8, 4) is 5.69 Å². The van der Waals surface area contributed by atoms with Gasteiger partial charge < -0.3 is 10.1 Å². The van der Waals surface area contributed by atoms with Crippen LogP contribution in [0, 0.1) is 11.6 Å². The van der Waals surface area contributed by atoms with Crippen molar-refractivity contribution in [3.05, 3.63) is 75.5 Å². The molecule has 9 heteroatoms. The van der Waals surface area contributed by atoms with Gasteiger partial charge in [0, 0.05) is 15.7 Å². The number of benzene rings is 2. The Kier molecular flexibility index (Phi) is 5.63. The average Bonchev–Trinajstić information content (AvgIpc) is 3.32. The van der Waals surface area contributed by atoms with E-state index in [1.807, 2.05) is 0 Å². The van der Waals surface area contributed by atoms with Crippen LogP contribution in [0.15, 0.2) is 46.9 Å². The topological polar surface area (TPSA) is 73.2 Å². The Morgan fingerprint density at radius 1 is 1.13 bits per heavy atom. The zero-order chi connectivity index (χ0) is 21.3. The summed E-state index contributed by atoms with van der Waals surface area (Å²) in [6.45, 7) is -0.577. The molecule has 0 spiro atoms. The van der Waals surface area contributed by atoms with Crippen molar-refractivity contribution in [2.24, 2.45) is 0 Å². The van der Waals surface area contributed by atoms with Gasteiger partial charge in [-0.25, -0.2) is 18.3 Å². The summed E-state index contributed by atoms with van der Waals surface area (Å²) < 4.78 is 34.3. The summed E-state index contributed by atoms with van der Waals surface area (Å²) >= 11 is 3.14. The first kappa shape index (κ1) is 20.2. The van der Waals surface area contributed by atoms with Crippen LogP contribution in [-0.2, 0) is 22.4 Å². The Morgan fingerprint density at radius 3 is 2.63 bits per heavy atom. The summed E-state index contributed by atoms with van der Waals surface area (Å²) in [6, 6.07) is 10.00. The zero-order valence-corrected chi connectivity index (χ0v) is 17.2. The number of ether oxygens (including phenoxy) is 1. The molecule has 0 radical (unpaired) electrons. The van der Waals surface area contributed by atoms with Gasteiger partial charge in [0.15, 0.2) is 12.3 Å². The molecule has 6 nitrogen and oxygen atoms in total. The van der Waals surface area contributed by atoms with Crippen molar-refractivity contribution in [2.45, 2.75) is 19.3 Å². The molecule has 1 aromatic heterocycles. The number of carbonyl (C=O) groups is 2. The van der Waals surface area contributed by atoms with Crippen LogP contribution in [0.3, 0.4) is 0 Å². The third-order valence-electron chi connectivity index (χ3n) is 4.73. The number of rotatable bonds is 5. The van der Waals surface area contributed by atoms with E-state index < -0.39 is 24.3 Å². The van der Waals surface area contributed by atoms with Gasteiger partial charge in [0.1, 0.15) is 11.6 Å². The molecule has 0 atom stereocenters. The van der Waals surface area contributed by atoms with Crippen LogP contribution in [0.25, 0.3) is 5.69 Å². The highest BCUT2D eigenvalue weighted by atomic mass is 79.9. The quantitative estimate of drug-likeness (QED) is 0.561. The number of amides is 1. The highest BCUT2D eigenvalue weighted by molar-refractivity contribution is 9.10. The fraction of sp³-hybridized carbons (Fsp3) is 0.190. The fourth-order valence-electron chi connectivity index (χ4n) is 3.37. The Labute approximate surface area is 179 Å². The van der Waals surface area contributed by atoms with Crippen LogP contribution < -0.4 is 5.32 Å². The Balaban J connectivity index is 1.47. The molecule has 0 saturated carbocycles. The Morgan fingerprint density at radius 2 is 1.90 bits per heavy atom. The van der Waals surface area contributed by atoms with Crippen LogP contribution in [0.1, 0.15) is 28.2 Å². The van der Waals surface area contributed by atoms with Crippen LogP contribution in [0.4, 0.5) is 14.5 Å². The van der Waals surface area contributed by atoms with Crippen molar-refractivity contribution in [2.75, 3.05) is 11.9 Å². The van der Waals surface area contributed by atoms with Gasteiger partial charge in [-0.1, -0.05) is 15.9 Å². The number of aromatic nitrogens is 2. The van der Waals surface area contributed by atoms with Gasteiger partial charge in [-0.05, 0) is 61.7 Å². The van der Waals surface area contributed by atoms with Gasteiger partial charge in [-0.15, -0.1) is 0 Å². The summed E-state index contributed by atoms with van der Waals surface area (Å²) in [5, 5.41) is 6.70. The van der Waals surface area contributed by atoms with E-state index in [0.29, 0.717) is 16.6 Å². The number of carbonyl (C=O) groups excluding carboxylic acids is 2. The summed E-state index contributed by atoms with van der Waals surface area (Å²) in [6.07, 6.45) is 2.26. The molecule has 3 aromatic rings. The largest absolute Gasteiger partial charge is 0.451 e. The van der Waals surface area contributed by atoms with Crippen molar-refractivity contribution >= 4 is 33.5 Å². The molecule has 1 heterocycles. The second-order valence-corrected chi connectivity index (χ2v) is 7.68. The number of hydrogen-bond donors (Lipinski definition) is 1. The van der Waals surface area contributed by atoms with E-state index in [1.54, 1.807) is 22.9 Å². The Hall–Kier alpha value is -3.07. The summed E-state index contributed by atoms with van der Waals surface area (Å²) in [5.41, 5.74) is 2.39. The lowest BCUT2D eigenvalue weighted by atomic mass is 10.2. The van der Waals surface area contributed by atoms with E-state index in [-0.39, 0.29) is 17.2 Å². The molecule has 30 heavy (non-hydrogen) atoms. The molecular weight excluding hydrogens is 460 g/mol. The number of fused-ring (bicyclic) bond motifs is 1. The lowest BCUT2D eigenvalue weighted by Crippen LogP contribution is -2.22. The maximum absolute atomic E-state index is 13.8. The number of nitrogens with zero attached hydrogens (tertiary/aromatic N) is 2. The van der Waals surface area contributed by atoms with Crippen LogP contribution >= 0.6 is 15.9 Å². The molecule has 1 aliphatic rings. The lowest BCUT2D eigenvalue weighted by Gasteiger charge is -2.07. The van der Waals surface area contributed by atoms with Crippen molar-refractivity contribution in [1.29, 1.82) is 0 Å². The van der Waals surface area contributed by atoms with Gasteiger partial charge >= 0.3 is 5.97 Å². The third-order valence-corrected chi connectivity index (χ3v) is 5.23. The first-order valence-corrected chi connectivity index (χ1v) is 10.0. The monoisotopic (exact) mass is 475 g/mol. The second kappa shape index (κ2) is 8.35. The summed E-state index contributed by atoms with van der Waals surface area (Å²) in [5.74, 6) is -2.38. The van der Waals surface area contributed by atoms with E-state index in [9.17, 15) is 18.4 Å². The molecule has 0 bridgehead atoms. The predicted molar refractivity (Wildman–Crippen MR) is 109 cm³/mol. The van der Waals surface area contributed by atoms with E-state index in [2.05, 4.69) is 26.3 Å². The molecule has 4 rings (SSSR count). The standard InChI is InChI=1S/C21H16BrF2N3O3/c22-12-4-9-17(16(24)10-12)25-19(28)11-30-21(29)20-15-2-1-3-18(15)27(26-20)14-7-5-13(23)6-8-14/h4-10H,1-3,11H2,(H,25,28). The zero-order valence-electron chi connectivity index (χ0n) is 15.6. The molecular formula is C21H16BrF2N3O3. The highest BCUT2D eigenvalue weighted by Crippen LogP contribution is 2.28.